The van der Waals surface area contributed by atoms with E-state index < -0.39 is 11.9 Å². The number of fused-ring (bicyclic) bond motifs is 2. The summed E-state index contributed by atoms with van der Waals surface area (Å²) in [5, 5.41) is 16.8. The second-order valence-electron chi connectivity index (χ2n) is 15.1. The van der Waals surface area contributed by atoms with Crippen LogP contribution in [0, 0.1) is 11.3 Å². The van der Waals surface area contributed by atoms with Gasteiger partial charge >= 0.3 is 0 Å². The van der Waals surface area contributed by atoms with Crippen molar-refractivity contribution in [1.82, 2.24) is 25.0 Å². The summed E-state index contributed by atoms with van der Waals surface area (Å²) in [4.78, 5) is 73.4. The van der Waals surface area contributed by atoms with Gasteiger partial charge < -0.3 is 29.3 Å². The topological polar surface area (TPSA) is 183 Å². The molecule has 15 nitrogen and oxygen atoms in total. The highest BCUT2D eigenvalue weighted by atomic mass is 35.5. The fraction of sp³-hybridized carbons (Fsp3) is 0.386. The lowest BCUT2D eigenvalue weighted by atomic mass is 9.97. The summed E-state index contributed by atoms with van der Waals surface area (Å²) in [6.07, 6.45) is 3.74. The molecule has 3 aromatic carbocycles. The Bertz CT molecular complexity index is 2430. The molecule has 0 bridgehead atoms. The van der Waals surface area contributed by atoms with Crippen LogP contribution in [0.25, 0.3) is 10.9 Å². The van der Waals surface area contributed by atoms with Crippen LogP contribution in [-0.2, 0) is 32.1 Å². The average Bonchev–Trinajstić information content (AvgIpc) is 3.59. The van der Waals surface area contributed by atoms with E-state index in [4.69, 9.17) is 37.4 Å². The minimum Gasteiger partial charge on any atom is -0.495 e. The van der Waals surface area contributed by atoms with E-state index in [0.717, 1.165) is 37.2 Å². The molecule has 7 rings (SSSR count). The first-order chi connectivity index (χ1) is 29.5. The lowest BCUT2D eigenvalue weighted by molar-refractivity contribution is -0.137. The van der Waals surface area contributed by atoms with Crippen molar-refractivity contribution in [1.29, 1.82) is 5.26 Å². The summed E-state index contributed by atoms with van der Waals surface area (Å²) in [6, 6.07) is 13.5. The number of aromatic nitrogens is 1. The normalized spacial score (nSPS) is 16.6. The Labute approximate surface area is 362 Å². The molecule has 4 aromatic rings. The summed E-state index contributed by atoms with van der Waals surface area (Å²) >= 11 is 12.7. The molecule has 318 valence electrons. The molecular formula is C44H45Cl2N7O8. The number of halogens is 2. The molecule has 0 aliphatic carbocycles. The van der Waals surface area contributed by atoms with Gasteiger partial charge in [-0.1, -0.05) is 35.3 Å². The minimum absolute atomic E-state index is 0.0199. The number of hydrogen-bond donors (Lipinski definition) is 2. The Balaban J connectivity index is 0.847. The maximum Gasteiger partial charge on any atom is 0.255 e. The van der Waals surface area contributed by atoms with E-state index in [0.29, 0.717) is 86.8 Å². The molecule has 4 amide bonds. The first-order valence-electron chi connectivity index (χ1n) is 20.1. The van der Waals surface area contributed by atoms with Crippen molar-refractivity contribution in [3.8, 4) is 23.3 Å². The van der Waals surface area contributed by atoms with Crippen molar-refractivity contribution in [3.05, 3.63) is 81.0 Å². The van der Waals surface area contributed by atoms with Crippen LogP contribution < -0.4 is 24.8 Å². The van der Waals surface area contributed by atoms with Crippen LogP contribution in [0.3, 0.4) is 0 Å². The quantitative estimate of drug-likeness (QED) is 0.102. The van der Waals surface area contributed by atoms with Crippen molar-refractivity contribution in [2.75, 3.05) is 58.9 Å². The predicted octanol–water partition coefficient (Wildman–Crippen LogP) is 5.83. The smallest absolute Gasteiger partial charge is 0.255 e. The largest absolute Gasteiger partial charge is 0.495 e. The highest BCUT2D eigenvalue weighted by Crippen LogP contribution is 2.40. The number of anilines is 2. The number of piperazine rings is 1. The van der Waals surface area contributed by atoms with Crippen LogP contribution in [-0.4, -0.2) is 109 Å². The maximum atomic E-state index is 13.1. The maximum absolute atomic E-state index is 13.1. The number of amides is 4. The Morgan fingerprint density at radius 3 is 2.49 bits per heavy atom. The molecule has 0 spiro atoms. The van der Waals surface area contributed by atoms with E-state index in [2.05, 4.69) is 26.6 Å². The molecule has 3 aliphatic heterocycles. The third-order valence-corrected chi connectivity index (χ3v) is 11.9. The first kappa shape index (κ1) is 43.1. The molecule has 0 saturated carbocycles. The number of nitrogens with zero attached hydrogens (tertiary/aromatic N) is 5. The number of ketones is 1. The minimum atomic E-state index is -0.720. The van der Waals surface area contributed by atoms with Gasteiger partial charge in [-0.15, -0.1) is 0 Å². The van der Waals surface area contributed by atoms with E-state index in [1.807, 2.05) is 11.0 Å². The Morgan fingerprint density at radius 1 is 0.967 bits per heavy atom. The average molecular weight is 871 g/mol. The molecule has 2 N–H and O–H groups in total. The SMILES string of the molecule is COc1cc(Nc2c(C#N)cnc3cc(OCCCN4CCN(C(=O)CCCC(=O)Cc5cccc6c5CN(C5CCC(=O)NC5=O)C6=O)CC4)c(OC)cc23)c(Cl)cc1Cl. The van der Waals surface area contributed by atoms with E-state index in [9.17, 15) is 29.2 Å². The number of rotatable bonds is 16. The van der Waals surface area contributed by atoms with E-state index in [-0.39, 0.29) is 62.2 Å². The Kier molecular flexibility index (Phi) is 13.6. The van der Waals surface area contributed by atoms with Crippen molar-refractivity contribution in [2.45, 2.75) is 57.5 Å². The van der Waals surface area contributed by atoms with Crippen LogP contribution in [0.2, 0.25) is 10.0 Å². The van der Waals surface area contributed by atoms with Gasteiger partial charge in [-0.25, -0.2) is 0 Å². The summed E-state index contributed by atoms with van der Waals surface area (Å²) in [6.45, 7) is 4.04. The van der Waals surface area contributed by atoms with Crippen LogP contribution >= 0.6 is 23.2 Å². The lowest BCUT2D eigenvalue weighted by Gasteiger charge is -2.34. The molecule has 2 saturated heterocycles. The first-order valence-corrected chi connectivity index (χ1v) is 20.8. The highest BCUT2D eigenvalue weighted by Gasteiger charge is 2.40. The Morgan fingerprint density at radius 2 is 1.75 bits per heavy atom. The molecule has 1 atom stereocenters. The van der Waals surface area contributed by atoms with Gasteiger partial charge in [0.25, 0.3) is 5.91 Å². The van der Waals surface area contributed by atoms with Gasteiger partial charge in [-0.3, -0.25) is 39.2 Å². The molecule has 61 heavy (non-hydrogen) atoms. The van der Waals surface area contributed by atoms with Crippen LogP contribution in [0.5, 0.6) is 17.2 Å². The van der Waals surface area contributed by atoms with Gasteiger partial charge in [0.05, 0.1) is 53.3 Å². The second kappa shape index (κ2) is 19.2. The molecule has 0 radical (unpaired) electrons. The number of carbonyl (C=O) groups is 5. The van der Waals surface area contributed by atoms with Gasteiger partial charge in [0.15, 0.2) is 11.5 Å². The number of nitrogens with one attached hydrogen (secondary N) is 2. The number of ether oxygens (including phenoxy) is 3. The fourth-order valence-corrected chi connectivity index (χ4v) is 8.52. The molecule has 1 aromatic heterocycles. The molecule has 17 heteroatoms. The molecule has 4 heterocycles. The Hall–Kier alpha value is -5.95. The third kappa shape index (κ3) is 9.67. The number of Topliss-reactive ketones (excluding diaryl/α,β-unsaturated/α-hetero) is 1. The molecule has 2 fully saturated rings. The summed E-state index contributed by atoms with van der Waals surface area (Å²) < 4.78 is 17.2. The van der Waals surface area contributed by atoms with Crippen LogP contribution in [0.15, 0.2) is 48.7 Å². The van der Waals surface area contributed by atoms with Gasteiger partial charge in [-0.2, -0.15) is 5.26 Å². The number of hydrogen-bond acceptors (Lipinski definition) is 12. The summed E-state index contributed by atoms with van der Waals surface area (Å²) in [7, 11) is 3.05. The fourth-order valence-electron chi connectivity index (χ4n) is 8.01. The summed E-state index contributed by atoms with van der Waals surface area (Å²) in [5.74, 6) is 0.313. The van der Waals surface area contributed by atoms with Crippen molar-refractivity contribution in [2.24, 2.45) is 0 Å². The summed E-state index contributed by atoms with van der Waals surface area (Å²) in [5.41, 5.74) is 3.82. The second-order valence-corrected chi connectivity index (χ2v) is 15.9. The number of benzene rings is 3. The third-order valence-electron chi connectivity index (χ3n) is 11.3. The number of imide groups is 1. The van der Waals surface area contributed by atoms with Crippen molar-refractivity contribution in [3.63, 3.8) is 0 Å². The van der Waals surface area contributed by atoms with E-state index in [1.165, 1.54) is 18.2 Å². The van der Waals surface area contributed by atoms with E-state index in [1.54, 1.807) is 43.5 Å². The van der Waals surface area contributed by atoms with Crippen molar-refractivity contribution < 1.29 is 38.2 Å². The molecule has 3 aliphatic rings. The van der Waals surface area contributed by atoms with Gasteiger partial charge in [-0.05, 0) is 48.6 Å². The lowest BCUT2D eigenvalue weighted by Crippen LogP contribution is -2.52. The highest BCUT2D eigenvalue weighted by molar-refractivity contribution is 6.37. The van der Waals surface area contributed by atoms with Gasteiger partial charge in [0, 0.05) is 94.2 Å². The number of methoxy groups -OCH3 is 2. The number of nitriles is 1. The molecule has 1 unspecified atom stereocenters. The molecular weight excluding hydrogens is 825 g/mol. The number of pyridine rings is 1. The zero-order chi connectivity index (χ0) is 43.2. The number of carbonyl (C=O) groups excluding carboxylic acids is 5. The monoisotopic (exact) mass is 869 g/mol. The van der Waals surface area contributed by atoms with E-state index >= 15 is 0 Å². The number of piperidine rings is 1. The zero-order valence-electron chi connectivity index (χ0n) is 33.9. The van der Waals surface area contributed by atoms with Gasteiger partial charge in [0.2, 0.25) is 17.7 Å². The standard InChI is InChI=1S/C44H45Cl2N7O8/c1-59-37-22-35(32(45)20-33(37)46)49-42-27(23-47)24-48-34-21-39(38(60-2)19-30(34)42)61-17-5-12-51-13-15-52(16-14-51)41(56)9-4-7-28(54)18-26-6-3-8-29-31(26)25-53(44(29)58)36-10-11-40(55)50-43(36)57/h3,6,8,19-22,24,36H,4-5,7,9-18,25H2,1-2H3,(H,48,49)(H,50,55,57). The predicted molar refractivity (Wildman–Crippen MR) is 227 cm³/mol. The van der Waals surface area contributed by atoms with Crippen LogP contribution in [0.4, 0.5) is 11.4 Å². The van der Waals surface area contributed by atoms with Gasteiger partial charge in [0.1, 0.15) is 23.6 Å². The van der Waals surface area contributed by atoms with Crippen molar-refractivity contribution >= 4 is 74.9 Å². The van der Waals surface area contributed by atoms with Crippen LogP contribution in [0.1, 0.15) is 65.6 Å². The zero-order valence-corrected chi connectivity index (χ0v) is 35.4.